The highest BCUT2D eigenvalue weighted by atomic mass is 35.5. The van der Waals surface area contributed by atoms with E-state index in [0.29, 0.717) is 27.9 Å². The molecule has 1 aromatic carbocycles. The Labute approximate surface area is 107 Å². The van der Waals surface area contributed by atoms with Crippen LogP contribution in [0.3, 0.4) is 0 Å². The van der Waals surface area contributed by atoms with Gasteiger partial charge in [-0.3, -0.25) is 4.40 Å². The van der Waals surface area contributed by atoms with Crippen molar-refractivity contribution in [1.82, 2.24) is 19.6 Å². The largest absolute Gasteiger partial charge is 0.493 e. The van der Waals surface area contributed by atoms with E-state index in [-0.39, 0.29) is 0 Å². The number of benzene rings is 1. The lowest BCUT2D eigenvalue weighted by Crippen LogP contribution is -1.95. The molecule has 0 atom stereocenters. The molecule has 3 rings (SSSR count). The van der Waals surface area contributed by atoms with E-state index in [1.807, 2.05) is 6.07 Å². The Morgan fingerprint density at radius 2 is 1.89 bits per heavy atom. The van der Waals surface area contributed by atoms with Gasteiger partial charge in [-0.25, -0.2) is 4.98 Å². The average molecular weight is 265 g/mol. The molecule has 0 unspecified atom stereocenters. The van der Waals surface area contributed by atoms with Crippen molar-refractivity contribution in [1.29, 1.82) is 0 Å². The van der Waals surface area contributed by atoms with Gasteiger partial charge in [0.25, 0.3) is 0 Å². The van der Waals surface area contributed by atoms with Gasteiger partial charge in [0.05, 0.1) is 19.7 Å². The predicted octanol–water partition coefficient (Wildman–Crippen LogP) is 1.95. The van der Waals surface area contributed by atoms with Crippen LogP contribution in [0.2, 0.25) is 5.28 Å². The minimum Gasteiger partial charge on any atom is -0.493 e. The van der Waals surface area contributed by atoms with E-state index >= 15 is 0 Å². The van der Waals surface area contributed by atoms with Crippen molar-refractivity contribution in [2.45, 2.75) is 0 Å². The van der Waals surface area contributed by atoms with E-state index in [1.165, 1.54) is 6.33 Å². The maximum atomic E-state index is 6.05. The van der Waals surface area contributed by atoms with Crippen molar-refractivity contribution in [2.75, 3.05) is 14.2 Å². The summed E-state index contributed by atoms with van der Waals surface area (Å²) in [7, 11) is 3.15. The number of ether oxygens (including phenoxy) is 2. The summed E-state index contributed by atoms with van der Waals surface area (Å²) in [4.78, 5) is 4.27. The van der Waals surface area contributed by atoms with Crippen molar-refractivity contribution in [2.24, 2.45) is 0 Å². The molecule has 2 heterocycles. The van der Waals surface area contributed by atoms with Crippen molar-refractivity contribution in [3.05, 3.63) is 23.7 Å². The minimum atomic E-state index is 0.301. The summed E-state index contributed by atoms with van der Waals surface area (Å²) in [6, 6.07) is 3.57. The number of hydrogen-bond donors (Lipinski definition) is 0. The van der Waals surface area contributed by atoms with Crippen molar-refractivity contribution in [3.8, 4) is 11.5 Å². The lowest BCUT2D eigenvalue weighted by molar-refractivity contribution is 0.356. The molecular formula is C11H9ClN4O2. The second kappa shape index (κ2) is 3.99. The van der Waals surface area contributed by atoms with Gasteiger partial charge in [-0.2, -0.15) is 0 Å². The van der Waals surface area contributed by atoms with Crippen molar-refractivity contribution >= 4 is 28.2 Å². The smallest absolute Gasteiger partial charge is 0.210 e. The van der Waals surface area contributed by atoms with Gasteiger partial charge >= 0.3 is 0 Å². The minimum absolute atomic E-state index is 0.301. The van der Waals surface area contributed by atoms with Gasteiger partial charge in [-0.1, -0.05) is 0 Å². The Morgan fingerprint density at radius 3 is 2.61 bits per heavy atom. The molecule has 0 aliphatic carbocycles. The van der Waals surface area contributed by atoms with Gasteiger partial charge in [0.2, 0.25) is 5.28 Å². The van der Waals surface area contributed by atoms with E-state index in [9.17, 15) is 0 Å². The number of rotatable bonds is 2. The van der Waals surface area contributed by atoms with Crippen molar-refractivity contribution < 1.29 is 9.47 Å². The topological polar surface area (TPSA) is 61.5 Å². The van der Waals surface area contributed by atoms with Crippen LogP contribution < -0.4 is 9.47 Å². The summed E-state index contributed by atoms with van der Waals surface area (Å²) < 4.78 is 12.1. The molecule has 0 N–H and O–H groups in total. The summed E-state index contributed by atoms with van der Waals surface area (Å²) in [5.74, 6) is 1.21. The molecule has 0 saturated heterocycles. The molecule has 6 nitrogen and oxygen atoms in total. The molecule has 0 fully saturated rings. The Bertz CT molecular complexity index is 741. The van der Waals surface area contributed by atoms with Gasteiger partial charge in [0.1, 0.15) is 6.33 Å². The van der Waals surface area contributed by atoms with E-state index in [0.717, 1.165) is 5.39 Å². The van der Waals surface area contributed by atoms with Gasteiger partial charge in [-0.05, 0) is 17.7 Å². The Morgan fingerprint density at radius 1 is 1.17 bits per heavy atom. The summed E-state index contributed by atoms with van der Waals surface area (Å²) >= 11 is 6.05. The summed E-state index contributed by atoms with van der Waals surface area (Å²) in [6.07, 6.45) is 1.51. The molecule has 0 radical (unpaired) electrons. The van der Waals surface area contributed by atoms with Gasteiger partial charge in [-0.15, -0.1) is 10.2 Å². The molecule has 0 bridgehead atoms. The quantitative estimate of drug-likeness (QED) is 0.662. The van der Waals surface area contributed by atoms with Gasteiger partial charge in [0, 0.05) is 11.5 Å². The second-order valence-corrected chi connectivity index (χ2v) is 3.97. The Hall–Kier alpha value is -2.08. The number of halogens is 1. The summed E-state index contributed by atoms with van der Waals surface area (Å²) in [5.41, 5.74) is 1.31. The molecule has 92 valence electrons. The fourth-order valence-electron chi connectivity index (χ4n) is 1.85. The van der Waals surface area contributed by atoms with Crippen LogP contribution in [-0.2, 0) is 0 Å². The standard InChI is InChI=1S/C11H9ClN4O2/c1-17-8-3-6-7(4-9(8)18-2)14-11(12)16-5-13-15-10(6)16/h3-5H,1-2H3. The van der Waals surface area contributed by atoms with E-state index < -0.39 is 0 Å². The molecule has 0 aliphatic rings. The number of nitrogens with zero attached hydrogens (tertiary/aromatic N) is 4. The zero-order valence-electron chi connectivity index (χ0n) is 9.72. The highest BCUT2D eigenvalue weighted by molar-refractivity contribution is 6.29. The third-order valence-electron chi connectivity index (χ3n) is 2.70. The molecule has 3 aromatic rings. The lowest BCUT2D eigenvalue weighted by Gasteiger charge is -2.09. The van der Waals surface area contributed by atoms with E-state index in [4.69, 9.17) is 21.1 Å². The molecular weight excluding hydrogens is 256 g/mol. The Kier molecular flexibility index (Phi) is 2.45. The van der Waals surface area contributed by atoms with Crippen LogP contribution in [-0.4, -0.2) is 33.8 Å². The van der Waals surface area contributed by atoms with Crippen LogP contribution in [0.5, 0.6) is 11.5 Å². The molecule has 0 aliphatic heterocycles. The number of aromatic nitrogens is 4. The molecule has 0 amide bonds. The van der Waals surface area contributed by atoms with Crippen LogP contribution in [0, 0.1) is 0 Å². The highest BCUT2D eigenvalue weighted by Gasteiger charge is 2.13. The van der Waals surface area contributed by atoms with E-state index in [1.54, 1.807) is 24.7 Å². The summed E-state index contributed by atoms with van der Waals surface area (Å²) in [5, 5.41) is 8.96. The van der Waals surface area contributed by atoms with Gasteiger partial charge in [0.15, 0.2) is 17.1 Å². The molecule has 2 aromatic heterocycles. The monoisotopic (exact) mass is 264 g/mol. The fourth-order valence-corrected chi connectivity index (χ4v) is 2.06. The fraction of sp³-hybridized carbons (Fsp3) is 0.182. The average Bonchev–Trinajstić information content (AvgIpc) is 2.87. The Balaban J connectivity index is 2.46. The van der Waals surface area contributed by atoms with Crippen LogP contribution in [0.15, 0.2) is 18.5 Å². The highest BCUT2D eigenvalue weighted by Crippen LogP contribution is 2.33. The zero-order valence-corrected chi connectivity index (χ0v) is 10.5. The number of methoxy groups -OCH3 is 2. The first-order valence-corrected chi connectivity index (χ1v) is 5.53. The van der Waals surface area contributed by atoms with Gasteiger partial charge < -0.3 is 9.47 Å². The maximum absolute atomic E-state index is 6.05. The molecule has 7 heteroatoms. The number of hydrogen-bond acceptors (Lipinski definition) is 5. The van der Waals surface area contributed by atoms with E-state index in [2.05, 4.69) is 15.2 Å². The van der Waals surface area contributed by atoms with Crippen LogP contribution in [0.1, 0.15) is 0 Å². The predicted molar refractivity (Wildman–Crippen MR) is 66.4 cm³/mol. The summed E-state index contributed by atoms with van der Waals surface area (Å²) in [6.45, 7) is 0. The second-order valence-electron chi connectivity index (χ2n) is 3.63. The molecule has 18 heavy (non-hydrogen) atoms. The first kappa shape index (κ1) is 11.0. The number of fused-ring (bicyclic) bond motifs is 3. The van der Waals surface area contributed by atoms with Crippen LogP contribution in [0.25, 0.3) is 16.6 Å². The van der Waals surface area contributed by atoms with Crippen LogP contribution >= 0.6 is 11.6 Å². The lowest BCUT2D eigenvalue weighted by atomic mass is 10.2. The first-order chi connectivity index (χ1) is 8.74. The van der Waals surface area contributed by atoms with Crippen LogP contribution in [0.4, 0.5) is 0 Å². The molecule has 0 spiro atoms. The molecule has 0 saturated carbocycles. The third kappa shape index (κ3) is 1.46. The normalized spacial score (nSPS) is 11.1. The SMILES string of the molecule is COc1cc2nc(Cl)n3cnnc3c2cc1OC. The maximum Gasteiger partial charge on any atom is 0.210 e. The third-order valence-corrected chi connectivity index (χ3v) is 2.97. The first-order valence-electron chi connectivity index (χ1n) is 5.15. The zero-order chi connectivity index (χ0) is 12.7. The van der Waals surface area contributed by atoms with Crippen molar-refractivity contribution in [3.63, 3.8) is 0 Å².